The zero-order chi connectivity index (χ0) is 20.4. The molecule has 1 amide bonds. The van der Waals surface area contributed by atoms with Crippen molar-refractivity contribution in [3.63, 3.8) is 0 Å². The molecule has 0 bridgehead atoms. The number of thiazole rings is 1. The fourth-order valence-electron chi connectivity index (χ4n) is 4.39. The zero-order valence-electron chi connectivity index (χ0n) is 16.7. The highest BCUT2D eigenvalue weighted by Gasteiger charge is 2.36. The van der Waals surface area contributed by atoms with Crippen molar-refractivity contribution in [2.75, 3.05) is 19.8 Å². The van der Waals surface area contributed by atoms with Crippen LogP contribution >= 0.6 is 22.7 Å². The summed E-state index contributed by atoms with van der Waals surface area (Å²) in [6, 6.07) is 10.3. The Kier molecular flexibility index (Phi) is 5.48. The highest BCUT2D eigenvalue weighted by molar-refractivity contribution is 7.20. The topological polar surface area (TPSA) is 60.5 Å². The van der Waals surface area contributed by atoms with Gasteiger partial charge < -0.3 is 14.8 Å². The summed E-state index contributed by atoms with van der Waals surface area (Å²) in [7, 11) is 0. The largest absolute Gasteiger partial charge is 0.486 e. The molecule has 0 spiro atoms. The first-order valence-corrected chi connectivity index (χ1v) is 12.1. The number of aromatic nitrogens is 1. The first-order valence-electron chi connectivity index (χ1n) is 10.4. The molecule has 3 heterocycles. The number of amides is 1. The van der Waals surface area contributed by atoms with Gasteiger partial charge in [0.2, 0.25) is 5.91 Å². The number of nitrogens with one attached hydrogen (secondary N) is 1. The van der Waals surface area contributed by atoms with Crippen LogP contribution in [0.3, 0.4) is 0 Å². The van der Waals surface area contributed by atoms with Crippen LogP contribution < -0.4 is 14.8 Å². The molecular weight excluding hydrogens is 416 g/mol. The SMILES string of the molecule is O=C(Cc1csc(-c2cccs2)n1)NCC1(c2ccc3c(c2)OCCO3)CCCC1. The smallest absolute Gasteiger partial charge is 0.226 e. The van der Waals surface area contributed by atoms with E-state index in [1.807, 2.05) is 22.9 Å². The Balaban J connectivity index is 1.26. The van der Waals surface area contributed by atoms with Crippen LogP contribution in [0.2, 0.25) is 0 Å². The van der Waals surface area contributed by atoms with Crippen LogP contribution in [-0.4, -0.2) is 30.6 Å². The number of benzene rings is 1. The van der Waals surface area contributed by atoms with Gasteiger partial charge in [0.05, 0.1) is 17.0 Å². The van der Waals surface area contributed by atoms with E-state index in [0.717, 1.165) is 39.9 Å². The Labute approximate surface area is 184 Å². The van der Waals surface area contributed by atoms with Gasteiger partial charge in [-0.05, 0) is 42.0 Å². The molecule has 2 aliphatic rings. The maximum atomic E-state index is 12.7. The van der Waals surface area contributed by atoms with Crippen molar-refractivity contribution in [2.45, 2.75) is 37.5 Å². The van der Waals surface area contributed by atoms with Crippen LogP contribution in [0.15, 0.2) is 41.1 Å². The third-order valence-electron chi connectivity index (χ3n) is 5.96. The second-order valence-electron chi connectivity index (χ2n) is 7.92. The normalized spacial score (nSPS) is 17.1. The lowest BCUT2D eigenvalue weighted by Crippen LogP contribution is -2.39. The molecule has 3 aromatic rings. The van der Waals surface area contributed by atoms with Gasteiger partial charge in [0.1, 0.15) is 18.2 Å². The molecule has 1 aliphatic heterocycles. The summed E-state index contributed by atoms with van der Waals surface area (Å²) in [4.78, 5) is 18.5. The van der Waals surface area contributed by atoms with Gasteiger partial charge in [-0.3, -0.25) is 4.79 Å². The summed E-state index contributed by atoms with van der Waals surface area (Å²) in [5.41, 5.74) is 2.04. The van der Waals surface area contributed by atoms with E-state index in [1.54, 1.807) is 22.7 Å². The molecule has 7 heteroatoms. The summed E-state index contributed by atoms with van der Waals surface area (Å²) in [5, 5.41) is 8.21. The molecule has 0 radical (unpaired) electrons. The Morgan fingerprint density at radius 2 is 1.93 bits per heavy atom. The second-order valence-corrected chi connectivity index (χ2v) is 9.73. The summed E-state index contributed by atoms with van der Waals surface area (Å²) in [6.07, 6.45) is 4.83. The summed E-state index contributed by atoms with van der Waals surface area (Å²) in [6.45, 7) is 1.83. The maximum absolute atomic E-state index is 12.7. The fraction of sp³-hybridized carbons (Fsp3) is 0.391. The maximum Gasteiger partial charge on any atom is 0.226 e. The first-order chi connectivity index (χ1) is 14.7. The standard InChI is InChI=1S/C23H24N2O3S2/c26-21(13-17-14-30-22(25-17)20-4-3-11-29-20)24-15-23(7-1-2-8-23)16-5-6-18-19(12-16)28-10-9-27-18/h3-6,11-12,14H,1-2,7-10,13,15H2,(H,24,26). The van der Waals surface area contributed by atoms with Crippen LogP contribution in [0.4, 0.5) is 0 Å². The number of hydrogen-bond donors (Lipinski definition) is 1. The van der Waals surface area contributed by atoms with E-state index >= 15 is 0 Å². The van der Waals surface area contributed by atoms with Crippen LogP contribution in [0.25, 0.3) is 9.88 Å². The third-order valence-corrected chi connectivity index (χ3v) is 7.89. The molecule has 0 saturated heterocycles. The molecule has 0 unspecified atom stereocenters. The van der Waals surface area contributed by atoms with Gasteiger partial charge in [-0.2, -0.15) is 0 Å². The monoisotopic (exact) mass is 440 g/mol. The van der Waals surface area contributed by atoms with Gasteiger partial charge >= 0.3 is 0 Å². The van der Waals surface area contributed by atoms with Crippen molar-refractivity contribution < 1.29 is 14.3 Å². The molecule has 2 aromatic heterocycles. The highest BCUT2D eigenvalue weighted by atomic mass is 32.1. The van der Waals surface area contributed by atoms with Crippen molar-refractivity contribution in [3.8, 4) is 21.4 Å². The Hall–Kier alpha value is -2.38. The molecule has 0 atom stereocenters. The summed E-state index contributed by atoms with van der Waals surface area (Å²) >= 11 is 3.27. The quantitative estimate of drug-likeness (QED) is 0.597. The molecule has 1 aromatic carbocycles. The van der Waals surface area contributed by atoms with E-state index in [-0.39, 0.29) is 11.3 Å². The van der Waals surface area contributed by atoms with E-state index in [4.69, 9.17) is 9.47 Å². The van der Waals surface area contributed by atoms with Crippen LogP contribution in [-0.2, 0) is 16.6 Å². The van der Waals surface area contributed by atoms with E-state index in [9.17, 15) is 4.79 Å². The average molecular weight is 441 g/mol. The molecule has 156 valence electrons. The molecule has 1 fully saturated rings. The number of fused-ring (bicyclic) bond motifs is 1. The van der Waals surface area contributed by atoms with Gasteiger partial charge in [-0.1, -0.05) is 25.0 Å². The van der Waals surface area contributed by atoms with Crippen molar-refractivity contribution in [1.82, 2.24) is 10.3 Å². The summed E-state index contributed by atoms with van der Waals surface area (Å²) < 4.78 is 11.5. The number of carbonyl (C=O) groups excluding carboxylic acids is 1. The molecule has 30 heavy (non-hydrogen) atoms. The molecule has 1 aliphatic carbocycles. The Morgan fingerprint density at radius 3 is 2.73 bits per heavy atom. The second kappa shape index (κ2) is 8.40. The van der Waals surface area contributed by atoms with Gasteiger partial charge in [-0.15, -0.1) is 22.7 Å². The Morgan fingerprint density at radius 1 is 1.10 bits per heavy atom. The predicted octanol–water partition coefficient (Wildman–Crippen LogP) is 4.81. The lowest BCUT2D eigenvalue weighted by molar-refractivity contribution is -0.120. The average Bonchev–Trinajstić information content (AvgIpc) is 3.54. The van der Waals surface area contributed by atoms with Crippen molar-refractivity contribution in [2.24, 2.45) is 0 Å². The van der Waals surface area contributed by atoms with E-state index in [2.05, 4.69) is 28.5 Å². The lowest BCUT2D eigenvalue weighted by atomic mass is 9.78. The number of thiophene rings is 1. The number of rotatable bonds is 6. The van der Waals surface area contributed by atoms with Gasteiger partial charge in [0.15, 0.2) is 11.5 Å². The zero-order valence-corrected chi connectivity index (χ0v) is 18.3. The van der Waals surface area contributed by atoms with Gasteiger partial charge in [-0.25, -0.2) is 4.98 Å². The number of hydrogen-bond acceptors (Lipinski definition) is 6. The minimum atomic E-state index is -0.0320. The van der Waals surface area contributed by atoms with Crippen molar-refractivity contribution in [1.29, 1.82) is 0 Å². The molecule has 1 N–H and O–H groups in total. The highest BCUT2D eigenvalue weighted by Crippen LogP contribution is 2.43. The fourth-order valence-corrected chi connectivity index (χ4v) is 6.02. The predicted molar refractivity (Wildman–Crippen MR) is 120 cm³/mol. The third kappa shape index (κ3) is 3.96. The van der Waals surface area contributed by atoms with E-state index < -0.39 is 0 Å². The number of carbonyl (C=O) groups is 1. The van der Waals surface area contributed by atoms with Crippen LogP contribution in [0.5, 0.6) is 11.5 Å². The minimum Gasteiger partial charge on any atom is -0.486 e. The number of nitrogens with zero attached hydrogens (tertiary/aromatic N) is 1. The van der Waals surface area contributed by atoms with Crippen LogP contribution in [0, 0.1) is 0 Å². The first kappa shape index (κ1) is 19.6. The van der Waals surface area contributed by atoms with Crippen LogP contribution in [0.1, 0.15) is 36.9 Å². The van der Waals surface area contributed by atoms with Crippen molar-refractivity contribution >= 4 is 28.6 Å². The molecule has 5 rings (SSSR count). The van der Waals surface area contributed by atoms with E-state index in [0.29, 0.717) is 26.2 Å². The number of ether oxygens (including phenoxy) is 2. The molecular formula is C23H24N2O3S2. The molecule has 1 saturated carbocycles. The minimum absolute atomic E-state index is 0.0295. The Bertz CT molecular complexity index is 1020. The van der Waals surface area contributed by atoms with Crippen molar-refractivity contribution in [3.05, 3.63) is 52.3 Å². The molecule has 5 nitrogen and oxygen atoms in total. The van der Waals surface area contributed by atoms with Gasteiger partial charge in [0.25, 0.3) is 0 Å². The van der Waals surface area contributed by atoms with E-state index in [1.165, 1.54) is 18.4 Å². The lowest BCUT2D eigenvalue weighted by Gasteiger charge is -2.31. The van der Waals surface area contributed by atoms with Gasteiger partial charge in [0, 0.05) is 17.3 Å². The summed E-state index contributed by atoms with van der Waals surface area (Å²) in [5.74, 6) is 1.66.